The number of hydrogen-bond acceptors (Lipinski definition) is 6. The highest BCUT2D eigenvalue weighted by Crippen LogP contribution is 2.37. The first-order valence-electron chi connectivity index (χ1n) is 7.90. The molecule has 1 heterocycles. The third-order valence-electron chi connectivity index (χ3n) is 3.28. The lowest BCUT2D eigenvalue weighted by molar-refractivity contribution is -0.145. The highest BCUT2D eigenvalue weighted by atomic mass is 35.5. The molecule has 0 aromatic heterocycles. The van der Waals surface area contributed by atoms with Gasteiger partial charge in [0, 0.05) is 6.54 Å². The molecule has 0 aliphatic carbocycles. The Kier molecular flexibility index (Phi) is 7.37. The molecule has 2 amide bonds. The van der Waals surface area contributed by atoms with Crippen LogP contribution in [0, 0.1) is 0 Å². The van der Waals surface area contributed by atoms with Gasteiger partial charge in [-0.15, -0.1) is 0 Å². The van der Waals surface area contributed by atoms with Crippen LogP contribution < -0.4 is 4.74 Å². The Bertz CT molecular complexity index is 743. The lowest BCUT2D eigenvalue weighted by Crippen LogP contribution is -2.28. The fourth-order valence-electron chi connectivity index (χ4n) is 2.20. The van der Waals surface area contributed by atoms with Gasteiger partial charge in [-0.05, 0) is 48.9 Å². The van der Waals surface area contributed by atoms with Crippen LogP contribution in [0.25, 0.3) is 6.08 Å². The summed E-state index contributed by atoms with van der Waals surface area (Å²) >= 11 is 13.2. The Morgan fingerprint density at radius 2 is 1.88 bits per heavy atom. The van der Waals surface area contributed by atoms with Crippen LogP contribution in [0.4, 0.5) is 4.79 Å². The molecule has 1 aromatic rings. The Morgan fingerprint density at radius 3 is 2.46 bits per heavy atom. The monoisotopic (exact) mass is 417 g/mol. The number of hydrogen-bond donors (Lipinski definition) is 0. The average molecular weight is 418 g/mol. The van der Waals surface area contributed by atoms with Gasteiger partial charge in [-0.25, -0.2) is 4.79 Å². The van der Waals surface area contributed by atoms with Gasteiger partial charge < -0.3 is 9.47 Å². The van der Waals surface area contributed by atoms with Crippen LogP contribution in [-0.4, -0.2) is 41.8 Å². The highest BCUT2D eigenvalue weighted by molar-refractivity contribution is 8.18. The molecule has 26 heavy (non-hydrogen) atoms. The van der Waals surface area contributed by atoms with E-state index in [-0.39, 0.29) is 40.2 Å². The lowest BCUT2D eigenvalue weighted by Gasteiger charge is -2.11. The summed E-state index contributed by atoms with van der Waals surface area (Å²) < 4.78 is 10.1. The number of ether oxygens (including phenoxy) is 2. The summed E-state index contributed by atoms with van der Waals surface area (Å²) in [6, 6.07) is 3.09. The van der Waals surface area contributed by atoms with E-state index in [2.05, 4.69) is 0 Å². The zero-order valence-electron chi connectivity index (χ0n) is 14.2. The minimum atomic E-state index is -0.534. The molecule has 140 valence electrons. The standard InChI is InChI=1S/C17H17Cl2NO5S/c1-3-5-20-16(22)13(26-17(20)23)8-10-6-11(18)15(12(19)7-10)25-9-14(21)24-4-2/h6-8H,3-5,9H2,1-2H3/b13-8+. The molecule has 0 atom stereocenters. The topological polar surface area (TPSA) is 72.9 Å². The number of carbonyl (C=O) groups excluding carboxylic acids is 3. The smallest absolute Gasteiger partial charge is 0.344 e. The number of amides is 2. The second-order valence-electron chi connectivity index (χ2n) is 5.24. The summed E-state index contributed by atoms with van der Waals surface area (Å²) in [6.07, 6.45) is 2.24. The normalized spacial score (nSPS) is 15.7. The summed E-state index contributed by atoms with van der Waals surface area (Å²) in [4.78, 5) is 37.0. The molecule has 0 unspecified atom stereocenters. The second-order valence-corrected chi connectivity index (χ2v) is 7.05. The van der Waals surface area contributed by atoms with Crippen LogP contribution in [0.5, 0.6) is 5.75 Å². The second kappa shape index (κ2) is 9.30. The molecule has 0 spiro atoms. The van der Waals surface area contributed by atoms with Gasteiger partial charge in [0.2, 0.25) is 0 Å². The van der Waals surface area contributed by atoms with Crippen LogP contribution in [0.15, 0.2) is 17.0 Å². The van der Waals surface area contributed by atoms with Crippen LogP contribution >= 0.6 is 35.0 Å². The van der Waals surface area contributed by atoms with E-state index in [0.717, 1.165) is 11.8 Å². The molecular weight excluding hydrogens is 401 g/mol. The van der Waals surface area contributed by atoms with E-state index in [1.165, 1.54) is 4.90 Å². The van der Waals surface area contributed by atoms with Crippen LogP contribution in [0.1, 0.15) is 25.8 Å². The molecule has 2 rings (SSSR count). The van der Waals surface area contributed by atoms with Gasteiger partial charge in [0.15, 0.2) is 12.4 Å². The van der Waals surface area contributed by atoms with Gasteiger partial charge in [0.1, 0.15) is 0 Å². The van der Waals surface area contributed by atoms with Gasteiger partial charge in [-0.3, -0.25) is 14.5 Å². The minimum absolute atomic E-state index is 0.151. The Morgan fingerprint density at radius 1 is 1.23 bits per heavy atom. The molecule has 1 saturated heterocycles. The molecule has 9 heteroatoms. The van der Waals surface area contributed by atoms with E-state index >= 15 is 0 Å². The summed E-state index contributed by atoms with van der Waals surface area (Å²) in [5.74, 6) is -0.720. The quantitative estimate of drug-likeness (QED) is 0.483. The van der Waals surface area contributed by atoms with Gasteiger partial charge in [-0.1, -0.05) is 30.1 Å². The lowest BCUT2D eigenvalue weighted by atomic mass is 10.2. The molecule has 0 bridgehead atoms. The fraction of sp³-hybridized carbons (Fsp3) is 0.353. The number of rotatable bonds is 7. The zero-order valence-corrected chi connectivity index (χ0v) is 16.5. The highest BCUT2D eigenvalue weighted by Gasteiger charge is 2.34. The summed E-state index contributed by atoms with van der Waals surface area (Å²) in [5, 5.41) is 0.0661. The van der Waals surface area contributed by atoms with Gasteiger partial charge in [0.05, 0.1) is 21.6 Å². The SMILES string of the molecule is CCCN1C(=O)S/C(=C/c2cc(Cl)c(OCC(=O)OCC)c(Cl)c2)C1=O. The van der Waals surface area contributed by atoms with Crippen molar-refractivity contribution in [2.75, 3.05) is 19.8 Å². The number of nitrogens with zero attached hydrogens (tertiary/aromatic N) is 1. The van der Waals surface area contributed by atoms with Crippen LogP contribution in [0.3, 0.4) is 0 Å². The van der Waals surface area contributed by atoms with E-state index < -0.39 is 5.97 Å². The zero-order chi connectivity index (χ0) is 19.3. The van der Waals surface area contributed by atoms with Gasteiger partial charge >= 0.3 is 5.97 Å². The third-order valence-corrected chi connectivity index (χ3v) is 4.75. The van der Waals surface area contributed by atoms with Crippen molar-refractivity contribution in [3.05, 3.63) is 32.6 Å². The summed E-state index contributed by atoms with van der Waals surface area (Å²) in [5.41, 5.74) is 0.547. The van der Waals surface area contributed by atoms with Crippen LogP contribution in [-0.2, 0) is 14.3 Å². The Balaban J connectivity index is 2.18. The number of carbonyl (C=O) groups is 3. The molecule has 0 saturated carbocycles. The molecule has 1 aliphatic rings. The van der Waals surface area contributed by atoms with Crippen LogP contribution in [0.2, 0.25) is 10.0 Å². The van der Waals surface area contributed by atoms with Crippen molar-refractivity contribution in [3.8, 4) is 5.75 Å². The minimum Gasteiger partial charge on any atom is -0.479 e. The predicted molar refractivity (Wildman–Crippen MR) is 102 cm³/mol. The summed E-state index contributed by atoms with van der Waals surface area (Å²) in [7, 11) is 0. The molecule has 6 nitrogen and oxygen atoms in total. The average Bonchev–Trinajstić information content (AvgIpc) is 2.82. The fourth-order valence-corrected chi connectivity index (χ4v) is 3.68. The van der Waals surface area contributed by atoms with Crippen molar-refractivity contribution in [1.29, 1.82) is 0 Å². The first kappa shape index (κ1) is 20.6. The molecular formula is C17H17Cl2NO5S. The number of halogens is 2. The van der Waals surface area contributed by atoms with Crippen molar-refractivity contribution < 1.29 is 23.9 Å². The van der Waals surface area contributed by atoms with Gasteiger partial charge in [-0.2, -0.15) is 0 Å². The number of thioether (sulfide) groups is 1. The first-order valence-corrected chi connectivity index (χ1v) is 9.47. The van der Waals surface area contributed by atoms with Crippen molar-refractivity contribution >= 4 is 58.2 Å². The van der Waals surface area contributed by atoms with Crippen molar-refractivity contribution in [2.24, 2.45) is 0 Å². The maximum atomic E-state index is 12.3. The van der Waals surface area contributed by atoms with Crippen molar-refractivity contribution in [2.45, 2.75) is 20.3 Å². The summed E-state index contributed by atoms with van der Waals surface area (Å²) in [6.45, 7) is 3.89. The maximum absolute atomic E-state index is 12.3. The molecule has 1 fully saturated rings. The molecule has 1 aliphatic heterocycles. The first-order chi connectivity index (χ1) is 12.4. The van der Waals surface area contributed by atoms with E-state index in [0.29, 0.717) is 23.4 Å². The number of imide groups is 1. The van der Waals surface area contributed by atoms with Crippen molar-refractivity contribution in [3.63, 3.8) is 0 Å². The number of benzene rings is 1. The molecule has 1 aromatic carbocycles. The van der Waals surface area contributed by atoms with Gasteiger partial charge in [0.25, 0.3) is 11.1 Å². The molecule has 0 N–H and O–H groups in total. The van der Waals surface area contributed by atoms with Crippen molar-refractivity contribution in [1.82, 2.24) is 4.90 Å². The van der Waals surface area contributed by atoms with E-state index in [1.54, 1.807) is 25.1 Å². The van der Waals surface area contributed by atoms with E-state index in [4.69, 9.17) is 32.7 Å². The Hall–Kier alpha value is -1.70. The largest absolute Gasteiger partial charge is 0.479 e. The predicted octanol–water partition coefficient (Wildman–Crippen LogP) is 4.38. The number of esters is 1. The maximum Gasteiger partial charge on any atom is 0.344 e. The van der Waals surface area contributed by atoms with E-state index in [1.807, 2.05) is 6.92 Å². The third kappa shape index (κ3) is 4.93. The van der Waals surface area contributed by atoms with E-state index in [9.17, 15) is 14.4 Å². The Labute approximate surface area is 165 Å². The molecule has 0 radical (unpaired) electrons.